The number of pyridine rings is 1. The van der Waals surface area contributed by atoms with Crippen molar-refractivity contribution < 1.29 is 0 Å². The van der Waals surface area contributed by atoms with Gasteiger partial charge in [-0.3, -0.25) is 0 Å². The summed E-state index contributed by atoms with van der Waals surface area (Å²) in [5.41, 5.74) is 3.15. The van der Waals surface area contributed by atoms with Crippen LogP contribution in [0.5, 0.6) is 0 Å². The highest BCUT2D eigenvalue weighted by atomic mass is 15.1. The van der Waals surface area contributed by atoms with Crippen molar-refractivity contribution in [3.8, 4) is 6.07 Å². The predicted octanol–water partition coefficient (Wildman–Crippen LogP) is 2.98. The second kappa shape index (κ2) is 7.99. The van der Waals surface area contributed by atoms with Crippen molar-refractivity contribution in [3.63, 3.8) is 0 Å². The van der Waals surface area contributed by atoms with Crippen LogP contribution >= 0.6 is 0 Å². The van der Waals surface area contributed by atoms with Gasteiger partial charge in [0.05, 0.1) is 5.56 Å². The van der Waals surface area contributed by atoms with Gasteiger partial charge < -0.3 is 10.2 Å². The van der Waals surface area contributed by atoms with Crippen LogP contribution in [0, 0.1) is 11.3 Å². The molecule has 1 aromatic rings. The Labute approximate surface area is 128 Å². The minimum absolute atomic E-state index is 0.693. The van der Waals surface area contributed by atoms with Crippen molar-refractivity contribution in [2.45, 2.75) is 46.0 Å². The molecule has 0 fully saturated rings. The molecule has 0 bridgehead atoms. The molecule has 0 amide bonds. The van der Waals surface area contributed by atoms with Crippen molar-refractivity contribution in [2.24, 2.45) is 0 Å². The van der Waals surface area contributed by atoms with E-state index in [-0.39, 0.29) is 0 Å². The van der Waals surface area contributed by atoms with Gasteiger partial charge in [-0.2, -0.15) is 5.26 Å². The van der Waals surface area contributed by atoms with Gasteiger partial charge in [0, 0.05) is 12.2 Å². The lowest BCUT2D eigenvalue weighted by atomic mass is 9.95. The number of rotatable bonds is 7. The van der Waals surface area contributed by atoms with Gasteiger partial charge >= 0.3 is 0 Å². The predicted molar refractivity (Wildman–Crippen MR) is 86.5 cm³/mol. The maximum absolute atomic E-state index is 9.30. The molecule has 21 heavy (non-hydrogen) atoms. The fraction of sp³-hybridized carbons (Fsp3) is 0.647. The van der Waals surface area contributed by atoms with Gasteiger partial charge in [0.15, 0.2) is 0 Å². The highest BCUT2D eigenvalue weighted by molar-refractivity contribution is 5.54. The van der Waals surface area contributed by atoms with Crippen LogP contribution in [-0.4, -0.2) is 36.1 Å². The van der Waals surface area contributed by atoms with Crippen molar-refractivity contribution in [1.29, 1.82) is 5.26 Å². The number of hydrogen-bond donors (Lipinski definition) is 1. The molecule has 1 aliphatic carbocycles. The van der Waals surface area contributed by atoms with Gasteiger partial charge in [0.1, 0.15) is 11.9 Å². The molecule has 0 atom stereocenters. The van der Waals surface area contributed by atoms with Crippen LogP contribution in [0.15, 0.2) is 6.07 Å². The van der Waals surface area contributed by atoms with E-state index in [0.29, 0.717) is 5.56 Å². The summed E-state index contributed by atoms with van der Waals surface area (Å²) in [6.45, 7) is 8.53. The minimum atomic E-state index is 0.693. The van der Waals surface area contributed by atoms with E-state index in [0.717, 1.165) is 51.3 Å². The summed E-state index contributed by atoms with van der Waals surface area (Å²) >= 11 is 0. The van der Waals surface area contributed by atoms with Crippen molar-refractivity contribution in [3.05, 3.63) is 22.9 Å². The Morgan fingerprint density at radius 2 is 2.05 bits per heavy atom. The second-order valence-corrected chi connectivity index (χ2v) is 5.62. The van der Waals surface area contributed by atoms with Crippen LogP contribution in [0.1, 0.15) is 49.9 Å². The second-order valence-electron chi connectivity index (χ2n) is 5.62. The maximum atomic E-state index is 9.30. The minimum Gasteiger partial charge on any atom is -0.369 e. The number of nitriles is 1. The molecule has 114 valence electrons. The molecular formula is C17H26N4. The summed E-state index contributed by atoms with van der Waals surface area (Å²) in [4.78, 5) is 7.10. The first-order valence-electron chi connectivity index (χ1n) is 8.17. The molecule has 0 spiro atoms. The Hall–Kier alpha value is -1.60. The number of aromatic nitrogens is 1. The number of nitrogens with one attached hydrogen (secondary N) is 1. The first-order valence-corrected chi connectivity index (χ1v) is 8.17. The number of anilines is 1. The number of aryl methyl sites for hydroxylation is 2. The van der Waals surface area contributed by atoms with E-state index in [4.69, 9.17) is 4.98 Å². The van der Waals surface area contributed by atoms with E-state index in [1.165, 1.54) is 24.1 Å². The zero-order chi connectivity index (χ0) is 15.1. The van der Waals surface area contributed by atoms with Crippen LogP contribution in [0.3, 0.4) is 0 Å². The lowest BCUT2D eigenvalue weighted by Gasteiger charge is -2.19. The summed E-state index contributed by atoms with van der Waals surface area (Å²) in [6.07, 6.45) is 5.63. The maximum Gasteiger partial charge on any atom is 0.144 e. The summed E-state index contributed by atoms with van der Waals surface area (Å²) in [5, 5.41) is 12.7. The highest BCUT2D eigenvalue weighted by Gasteiger charge is 2.14. The Balaban J connectivity index is 1.95. The molecule has 1 heterocycles. The SMILES string of the molecule is CCN(CC)CCCNc1nc2c(cc1C#N)CCCC2. The van der Waals surface area contributed by atoms with Gasteiger partial charge in [-0.1, -0.05) is 13.8 Å². The van der Waals surface area contributed by atoms with Gasteiger partial charge in [0.25, 0.3) is 0 Å². The van der Waals surface area contributed by atoms with Crippen molar-refractivity contribution in [1.82, 2.24) is 9.88 Å². The van der Waals surface area contributed by atoms with E-state index in [2.05, 4.69) is 30.1 Å². The fourth-order valence-corrected chi connectivity index (χ4v) is 2.90. The Bertz CT molecular complexity index is 500. The Morgan fingerprint density at radius 1 is 1.29 bits per heavy atom. The molecule has 0 saturated heterocycles. The van der Waals surface area contributed by atoms with Gasteiger partial charge in [0.2, 0.25) is 0 Å². The van der Waals surface area contributed by atoms with Crippen LogP contribution in [-0.2, 0) is 12.8 Å². The number of nitrogens with zero attached hydrogens (tertiary/aromatic N) is 3. The third-order valence-corrected chi connectivity index (χ3v) is 4.26. The average Bonchev–Trinajstić information content (AvgIpc) is 2.54. The smallest absolute Gasteiger partial charge is 0.144 e. The lowest BCUT2D eigenvalue weighted by molar-refractivity contribution is 0.303. The number of fused-ring (bicyclic) bond motifs is 1. The largest absolute Gasteiger partial charge is 0.369 e. The molecule has 1 aromatic heterocycles. The molecule has 0 saturated carbocycles. The van der Waals surface area contributed by atoms with Crippen LogP contribution in [0.25, 0.3) is 0 Å². The van der Waals surface area contributed by atoms with Crippen LogP contribution in [0.4, 0.5) is 5.82 Å². The van der Waals surface area contributed by atoms with Crippen LogP contribution in [0.2, 0.25) is 0 Å². The van der Waals surface area contributed by atoms with Gasteiger partial charge in [-0.05, 0) is 63.4 Å². The van der Waals surface area contributed by atoms with Crippen molar-refractivity contribution in [2.75, 3.05) is 31.5 Å². The van der Waals surface area contributed by atoms with Crippen LogP contribution < -0.4 is 5.32 Å². The van der Waals surface area contributed by atoms with E-state index < -0.39 is 0 Å². The lowest BCUT2D eigenvalue weighted by Crippen LogP contribution is -2.25. The monoisotopic (exact) mass is 286 g/mol. The first kappa shape index (κ1) is 15.8. The summed E-state index contributed by atoms with van der Waals surface area (Å²) in [5.74, 6) is 0.776. The summed E-state index contributed by atoms with van der Waals surface area (Å²) in [7, 11) is 0. The van der Waals surface area contributed by atoms with E-state index in [1.807, 2.05) is 6.07 Å². The molecular weight excluding hydrogens is 260 g/mol. The van der Waals surface area contributed by atoms with E-state index in [9.17, 15) is 5.26 Å². The molecule has 1 aliphatic rings. The molecule has 0 unspecified atom stereocenters. The van der Waals surface area contributed by atoms with Gasteiger partial charge in [-0.15, -0.1) is 0 Å². The zero-order valence-electron chi connectivity index (χ0n) is 13.3. The average molecular weight is 286 g/mol. The normalized spacial score (nSPS) is 13.8. The number of hydrogen-bond acceptors (Lipinski definition) is 4. The Morgan fingerprint density at radius 3 is 2.76 bits per heavy atom. The first-order chi connectivity index (χ1) is 10.3. The molecule has 2 rings (SSSR count). The molecule has 0 aromatic carbocycles. The molecule has 0 radical (unpaired) electrons. The quantitative estimate of drug-likeness (QED) is 0.783. The van der Waals surface area contributed by atoms with E-state index in [1.54, 1.807) is 0 Å². The molecule has 1 N–H and O–H groups in total. The highest BCUT2D eigenvalue weighted by Crippen LogP contribution is 2.24. The fourth-order valence-electron chi connectivity index (χ4n) is 2.90. The molecule has 4 nitrogen and oxygen atoms in total. The zero-order valence-corrected chi connectivity index (χ0v) is 13.3. The summed E-state index contributed by atoms with van der Waals surface area (Å²) in [6, 6.07) is 4.32. The Kier molecular flexibility index (Phi) is 6.01. The van der Waals surface area contributed by atoms with Gasteiger partial charge in [-0.25, -0.2) is 4.98 Å². The topological polar surface area (TPSA) is 52.0 Å². The standard InChI is InChI=1S/C17H26N4/c1-3-21(4-2)11-7-10-19-17-15(13-18)12-14-8-5-6-9-16(14)20-17/h12H,3-11H2,1-2H3,(H,19,20). The van der Waals surface area contributed by atoms with Crippen molar-refractivity contribution >= 4 is 5.82 Å². The third kappa shape index (κ3) is 4.18. The third-order valence-electron chi connectivity index (χ3n) is 4.26. The molecule has 0 aliphatic heterocycles. The van der Waals surface area contributed by atoms with E-state index >= 15 is 0 Å². The summed E-state index contributed by atoms with van der Waals surface area (Å²) < 4.78 is 0. The molecule has 4 heteroatoms.